The van der Waals surface area contributed by atoms with Gasteiger partial charge in [0.2, 0.25) is 0 Å². The van der Waals surface area contributed by atoms with Gasteiger partial charge in [-0.1, -0.05) is 0 Å². The number of aryl methyl sites for hydroxylation is 1. The molecule has 0 unspecified atom stereocenters. The molecule has 1 aromatic heterocycles. The van der Waals surface area contributed by atoms with Crippen LogP contribution >= 0.6 is 0 Å². The minimum Gasteiger partial charge on any atom is -0.465 e. The van der Waals surface area contributed by atoms with Crippen LogP contribution in [0.2, 0.25) is 0 Å². The van der Waals surface area contributed by atoms with E-state index in [1.54, 1.807) is 6.92 Å². The lowest BCUT2D eigenvalue weighted by Crippen LogP contribution is -2.06. The molecule has 84 valence electrons. The SMILES string of the molecule is COC(=O)c1cc([C@@H](O)CCN)oc1C. The van der Waals surface area contributed by atoms with Crippen LogP contribution in [0.15, 0.2) is 10.5 Å². The number of furan rings is 1. The van der Waals surface area contributed by atoms with Gasteiger partial charge in [-0.3, -0.25) is 0 Å². The van der Waals surface area contributed by atoms with Crippen LogP contribution in [0, 0.1) is 6.92 Å². The van der Waals surface area contributed by atoms with Gasteiger partial charge in [0.25, 0.3) is 0 Å². The molecule has 1 rings (SSSR count). The first kappa shape index (κ1) is 11.7. The Morgan fingerprint density at radius 3 is 2.93 bits per heavy atom. The minimum absolute atomic E-state index is 0.337. The number of nitrogens with two attached hydrogens (primary N) is 1. The molecular formula is C10H15NO4. The summed E-state index contributed by atoms with van der Waals surface area (Å²) in [7, 11) is 1.30. The number of carbonyl (C=O) groups excluding carboxylic acids is 1. The van der Waals surface area contributed by atoms with Gasteiger partial charge in [-0.15, -0.1) is 0 Å². The number of ether oxygens (including phenoxy) is 1. The summed E-state index contributed by atoms with van der Waals surface area (Å²) in [5.74, 6) is 0.314. The summed E-state index contributed by atoms with van der Waals surface area (Å²) in [6, 6.07) is 1.49. The summed E-state index contributed by atoms with van der Waals surface area (Å²) in [4.78, 5) is 11.2. The van der Waals surface area contributed by atoms with Crippen molar-refractivity contribution in [1.82, 2.24) is 0 Å². The van der Waals surface area contributed by atoms with Gasteiger partial charge in [0.15, 0.2) is 0 Å². The molecule has 5 nitrogen and oxygen atoms in total. The number of aliphatic hydroxyl groups excluding tert-OH is 1. The molecule has 15 heavy (non-hydrogen) atoms. The van der Waals surface area contributed by atoms with Crippen LogP contribution in [0.3, 0.4) is 0 Å². The Kier molecular flexibility index (Phi) is 3.88. The summed E-state index contributed by atoms with van der Waals surface area (Å²) in [5, 5.41) is 9.59. The number of methoxy groups -OCH3 is 1. The highest BCUT2D eigenvalue weighted by atomic mass is 16.5. The lowest BCUT2D eigenvalue weighted by Gasteiger charge is -2.03. The molecule has 0 amide bonds. The summed E-state index contributed by atoms with van der Waals surface area (Å²) in [6.07, 6.45) is -0.375. The Labute approximate surface area is 87.8 Å². The van der Waals surface area contributed by atoms with Crippen LogP contribution in [0.4, 0.5) is 0 Å². The maximum Gasteiger partial charge on any atom is 0.341 e. The van der Waals surface area contributed by atoms with Crippen LogP contribution in [-0.2, 0) is 4.74 Å². The van der Waals surface area contributed by atoms with E-state index in [-0.39, 0.29) is 0 Å². The molecule has 0 saturated carbocycles. The van der Waals surface area contributed by atoms with Crippen molar-refractivity contribution in [3.8, 4) is 0 Å². The fraction of sp³-hybridized carbons (Fsp3) is 0.500. The van der Waals surface area contributed by atoms with Crippen LogP contribution in [-0.4, -0.2) is 24.7 Å². The first-order valence-corrected chi connectivity index (χ1v) is 4.67. The third-order valence-electron chi connectivity index (χ3n) is 2.11. The van der Waals surface area contributed by atoms with Crippen molar-refractivity contribution in [2.24, 2.45) is 5.73 Å². The molecule has 0 aromatic carbocycles. The fourth-order valence-corrected chi connectivity index (χ4v) is 1.28. The Morgan fingerprint density at radius 1 is 1.73 bits per heavy atom. The van der Waals surface area contributed by atoms with E-state index in [2.05, 4.69) is 4.74 Å². The van der Waals surface area contributed by atoms with Crippen molar-refractivity contribution in [2.45, 2.75) is 19.4 Å². The van der Waals surface area contributed by atoms with Gasteiger partial charge < -0.3 is 20.0 Å². The Morgan fingerprint density at radius 2 is 2.40 bits per heavy atom. The molecule has 0 radical (unpaired) electrons. The topological polar surface area (TPSA) is 85.7 Å². The molecule has 3 N–H and O–H groups in total. The Balaban J connectivity index is 2.90. The molecule has 0 saturated heterocycles. The zero-order valence-electron chi connectivity index (χ0n) is 8.82. The van der Waals surface area contributed by atoms with Crippen molar-refractivity contribution >= 4 is 5.97 Å². The van der Waals surface area contributed by atoms with Gasteiger partial charge in [0.1, 0.15) is 23.2 Å². The first-order valence-electron chi connectivity index (χ1n) is 4.67. The van der Waals surface area contributed by atoms with Crippen molar-refractivity contribution < 1.29 is 19.1 Å². The molecule has 1 atom stereocenters. The third-order valence-corrected chi connectivity index (χ3v) is 2.11. The van der Waals surface area contributed by atoms with E-state index in [4.69, 9.17) is 10.2 Å². The quantitative estimate of drug-likeness (QED) is 0.721. The van der Waals surface area contributed by atoms with E-state index < -0.39 is 12.1 Å². The summed E-state index contributed by atoms with van der Waals surface area (Å²) in [5.41, 5.74) is 5.64. The van der Waals surface area contributed by atoms with E-state index >= 15 is 0 Å². The number of aliphatic hydroxyl groups is 1. The summed E-state index contributed by atoms with van der Waals surface area (Å²) >= 11 is 0. The average molecular weight is 213 g/mol. The van der Waals surface area contributed by atoms with Crippen LogP contribution in [0.1, 0.15) is 34.4 Å². The molecule has 5 heteroatoms. The van der Waals surface area contributed by atoms with Crippen LogP contribution in [0.25, 0.3) is 0 Å². The van der Waals surface area contributed by atoms with Crippen LogP contribution < -0.4 is 5.73 Å². The molecule has 1 aromatic rings. The van der Waals surface area contributed by atoms with Gasteiger partial charge in [-0.2, -0.15) is 0 Å². The molecule has 0 aliphatic rings. The second-order valence-electron chi connectivity index (χ2n) is 3.20. The zero-order chi connectivity index (χ0) is 11.4. The lowest BCUT2D eigenvalue weighted by molar-refractivity contribution is 0.0598. The van der Waals surface area contributed by atoms with Gasteiger partial charge in [0, 0.05) is 0 Å². The molecule has 0 aliphatic heterocycles. The Hall–Kier alpha value is -1.33. The van der Waals surface area contributed by atoms with E-state index in [0.717, 1.165) is 0 Å². The lowest BCUT2D eigenvalue weighted by atomic mass is 10.2. The number of hydrogen-bond acceptors (Lipinski definition) is 5. The van der Waals surface area contributed by atoms with Crippen molar-refractivity contribution in [3.05, 3.63) is 23.2 Å². The van der Waals surface area contributed by atoms with Gasteiger partial charge in [-0.05, 0) is 26.0 Å². The molecule has 0 spiro atoms. The van der Waals surface area contributed by atoms with Crippen LogP contribution in [0.5, 0.6) is 0 Å². The standard InChI is InChI=1S/C10H15NO4/c1-6-7(10(13)14-2)5-9(15-6)8(12)3-4-11/h5,8,12H,3-4,11H2,1-2H3/t8-/m0/s1. The van der Waals surface area contributed by atoms with E-state index in [1.807, 2.05) is 0 Å². The van der Waals surface area contributed by atoms with E-state index in [1.165, 1.54) is 13.2 Å². The Bertz CT molecular complexity index is 345. The van der Waals surface area contributed by atoms with Crippen molar-refractivity contribution in [1.29, 1.82) is 0 Å². The highest BCUT2D eigenvalue weighted by molar-refractivity contribution is 5.90. The molecule has 0 bridgehead atoms. The second-order valence-corrected chi connectivity index (χ2v) is 3.20. The molecule has 0 fully saturated rings. The normalized spacial score (nSPS) is 12.5. The number of carbonyl (C=O) groups is 1. The maximum atomic E-state index is 11.2. The third kappa shape index (κ3) is 2.57. The smallest absolute Gasteiger partial charge is 0.341 e. The number of rotatable bonds is 4. The monoisotopic (exact) mass is 213 g/mol. The van der Waals surface area contributed by atoms with Gasteiger partial charge in [-0.25, -0.2) is 4.79 Å². The van der Waals surface area contributed by atoms with E-state index in [0.29, 0.717) is 30.0 Å². The zero-order valence-corrected chi connectivity index (χ0v) is 8.82. The average Bonchev–Trinajstić information content (AvgIpc) is 2.60. The predicted octanol–water partition coefficient (Wildman–Crippen LogP) is 0.757. The summed E-state index contributed by atoms with van der Waals surface area (Å²) < 4.78 is 9.81. The molecule has 0 aliphatic carbocycles. The van der Waals surface area contributed by atoms with Gasteiger partial charge in [0.05, 0.1) is 7.11 Å². The van der Waals surface area contributed by atoms with Crippen molar-refractivity contribution in [2.75, 3.05) is 13.7 Å². The largest absolute Gasteiger partial charge is 0.465 e. The van der Waals surface area contributed by atoms with Gasteiger partial charge >= 0.3 is 5.97 Å². The predicted molar refractivity (Wildman–Crippen MR) is 53.4 cm³/mol. The summed E-state index contributed by atoms with van der Waals surface area (Å²) in [6.45, 7) is 2.00. The fourth-order valence-electron chi connectivity index (χ4n) is 1.28. The first-order chi connectivity index (χ1) is 7.10. The maximum absolute atomic E-state index is 11.2. The highest BCUT2D eigenvalue weighted by Crippen LogP contribution is 2.23. The number of esters is 1. The van der Waals surface area contributed by atoms with E-state index in [9.17, 15) is 9.90 Å². The molecular weight excluding hydrogens is 198 g/mol. The minimum atomic E-state index is -0.771. The van der Waals surface area contributed by atoms with Crippen molar-refractivity contribution in [3.63, 3.8) is 0 Å². The number of hydrogen-bond donors (Lipinski definition) is 2. The highest BCUT2D eigenvalue weighted by Gasteiger charge is 2.19. The molecule has 1 heterocycles. The second kappa shape index (κ2) is 4.95.